The van der Waals surface area contributed by atoms with Crippen molar-refractivity contribution in [1.82, 2.24) is 10.6 Å². The number of amides is 2. The number of piperidine rings is 1. The van der Waals surface area contributed by atoms with E-state index in [9.17, 15) is 9.59 Å². The Morgan fingerprint density at radius 2 is 2.04 bits per heavy atom. The predicted molar refractivity (Wildman–Crippen MR) is 91.9 cm³/mol. The van der Waals surface area contributed by atoms with Crippen LogP contribution in [0.25, 0.3) is 0 Å². The number of carbonyl (C=O) groups excluding carboxylic acids is 2. The molecule has 1 fully saturated rings. The Morgan fingerprint density at radius 3 is 2.79 bits per heavy atom. The van der Waals surface area contributed by atoms with Gasteiger partial charge in [-0.2, -0.15) is 0 Å². The summed E-state index contributed by atoms with van der Waals surface area (Å²) in [4.78, 5) is 27.0. The van der Waals surface area contributed by atoms with Crippen molar-refractivity contribution in [2.24, 2.45) is 5.41 Å². The van der Waals surface area contributed by atoms with Crippen molar-refractivity contribution >= 4 is 17.5 Å². The third-order valence-electron chi connectivity index (χ3n) is 5.05. The number of anilines is 1. The quantitative estimate of drug-likeness (QED) is 0.834. The third kappa shape index (κ3) is 3.30. The van der Waals surface area contributed by atoms with Crippen molar-refractivity contribution in [2.45, 2.75) is 19.3 Å². The lowest BCUT2D eigenvalue weighted by Crippen LogP contribution is -2.52. The van der Waals surface area contributed by atoms with E-state index in [0.29, 0.717) is 13.2 Å². The summed E-state index contributed by atoms with van der Waals surface area (Å²) in [5.41, 5.74) is 1.63. The molecular formula is C18H25N3O3. The lowest BCUT2D eigenvalue weighted by atomic mass is 9.78. The van der Waals surface area contributed by atoms with Gasteiger partial charge in [0.2, 0.25) is 11.8 Å². The molecule has 1 aromatic carbocycles. The molecule has 2 heterocycles. The Kier molecular flexibility index (Phi) is 5.16. The summed E-state index contributed by atoms with van der Waals surface area (Å²) >= 11 is 0. The molecule has 0 aromatic heterocycles. The predicted octanol–water partition coefficient (Wildman–Crippen LogP) is 0.708. The number of benzene rings is 1. The van der Waals surface area contributed by atoms with Crippen LogP contribution in [-0.2, 0) is 20.7 Å². The topological polar surface area (TPSA) is 70.7 Å². The van der Waals surface area contributed by atoms with Gasteiger partial charge in [-0.25, -0.2) is 0 Å². The zero-order chi connectivity index (χ0) is 17.0. The van der Waals surface area contributed by atoms with Crippen molar-refractivity contribution < 1.29 is 14.3 Å². The molecule has 6 heteroatoms. The van der Waals surface area contributed by atoms with Crippen LogP contribution in [0.1, 0.15) is 18.4 Å². The minimum Gasteiger partial charge on any atom is -0.384 e. The second kappa shape index (κ2) is 7.32. The van der Waals surface area contributed by atoms with Gasteiger partial charge in [-0.1, -0.05) is 18.2 Å². The molecule has 2 aliphatic rings. The van der Waals surface area contributed by atoms with E-state index in [1.54, 1.807) is 12.0 Å². The minimum atomic E-state index is -0.525. The average Bonchev–Trinajstić information content (AvgIpc) is 3.04. The van der Waals surface area contributed by atoms with Gasteiger partial charge >= 0.3 is 0 Å². The fourth-order valence-corrected chi connectivity index (χ4v) is 3.65. The fraction of sp³-hybridized carbons (Fsp3) is 0.556. The van der Waals surface area contributed by atoms with Gasteiger partial charge in [-0.3, -0.25) is 9.59 Å². The number of nitrogens with zero attached hydrogens (tertiary/aromatic N) is 1. The van der Waals surface area contributed by atoms with Crippen molar-refractivity contribution in [3.05, 3.63) is 29.8 Å². The summed E-state index contributed by atoms with van der Waals surface area (Å²) in [5, 5.41) is 6.11. The highest BCUT2D eigenvalue weighted by molar-refractivity contribution is 5.98. The second-order valence-electron chi connectivity index (χ2n) is 6.57. The van der Waals surface area contributed by atoms with Crippen molar-refractivity contribution in [3.8, 4) is 0 Å². The van der Waals surface area contributed by atoms with Gasteiger partial charge in [0.25, 0.3) is 0 Å². The normalized spacial score (nSPS) is 19.0. The maximum atomic E-state index is 12.7. The Bertz CT molecular complexity index is 606. The first-order valence-corrected chi connectivity index (χ1v) is 8.52. The molecule has 0 radical (unpaired) electrons. The Balaban J connectivity index is 1.60. The molecule has 0 aliphatic carbocycles. The molecule has 130 valence electrons. The first kappa shape index (κ1) is 16.9. The Labute approximate surface area is 142 Å². The first-order valence-electron chi connectivity index (χ1n) is 8.52. The highest BCUT2D eigenvalue weighted by Crippen LogP contribution is 2.30. The summed E-state index contributed by atoms with van der Waals surface area (Å²) in [6.07, 6.45) is 2.33. The average molecular weight is 331 g/mol. The summed E-state index contributed by atoms with van der Waals surface area (Å²) in [5.74, 6) is -0.138. The summed E-state index contributed by atoms with van der Waals surface area (Å²) in [7, 11) is 1.61. The zero-order valence-electron chi connectivity index (χ0n) is 14.1. The number of ether oxygens (including phenoxy) is 1. The largest absolute Gasteiger partial charge is 0.384 e. The van der Waals surface area contributed by atoms with Crippen molar-refractivity contribution in [3.63, 3.8) is 0 Å². The maximum Gasteiger partial charge on any atom is 0.246 e. The van der Waals surface area contributed by atoms with E-state index in [2.05, 4.69) is 10.6 Å². The molecule has 0 bridgehead atoms. The van der Waals surface area contributed by atoms with E-state index in [0.717, 1.165) is 38.0 Å². The van der Waals surface area contributed by atoms with Crippen LogP contribution in [0.4, 0.5) is 5.69 Å². The number of hydrogen-bond acceptors (Lipinski definition) is 4. The number of fused-ring (bicyclic) bond motifs is 1. The Morgan fingerprint density at radius 1 is 1.29 bits per heavy atom. The monoisotopic (exact) mass is 331 g/mol. The van der Waals surface area contributed by atoms with Crippen LogP contribution in [-0.4, -0.2) is 51.7 Å². The molecule has 0 unspecified atom stereocenters. The van der Waals surface area contributed by atoms with E-state index in [4.69, 9.17) is 4.74 Å². The standard InChI is InChI=1S/C18H25N3O3/c1-24-13-18(7-9-19-10-8-18)17(23)20-12-16(22)21-11-6-14-4-2-3-5-15(14)21/h2-5,19H,6-13H2,1H3,(H,20,23). The molecule has 1 saturated heterocycles. The highest BCUT2D eigenvalue weighted by Gasteiger charge is 2.40. The third-order valence-corrected chi connectivity index (χ3v) is 5.05. The number of hydrogen-bond donors (Lipinski definition) is 2. The van der Waals surface area contributed by atoms with Gasteiger partial charge in [-0.15, -0.1) is 0 Å². The van der Waals surface area contributed by atoms with Gasteiger partial charge in [0, 0.05) is 19.3 Å². The number of rotatable bonds is 5. The van der Waals surface area contributed by atoms with Crippen LogP contribution in [0.3, 0.4) is 0 Å². The fourth-order valence-electron chi connectivity index (χ4n) is 3.65. The van der Waals surface area contributed by atoms with Gasteiger partial charge in [0.1, 0.15) is 0 Å². The van der Waals surface area contributed by atoms with Crippen LogP contribution in [0, 0.1) is 5.41 Å². The zero-order valence-corrected chi connectivity index (χ0v) is 14.1. The van der Waals surface area contributed by atoms with E-state index in [1.807, 2.05) is 24.3 Å². The van der Waals surface area contributed by atoms with Gasteiger partial charge in [-0.05, 0) is 44.0 Å². The van der Waals surface area contributed by atoms with E-state index < -0.39 is 5.41 Å². The van der Waals surface area contributed by atoms with Crippen molar-refractivity contribution in [2.75, 3.05) is 44.8 Å². The van der Waals surface area contributed by atoms with Crippen LogP contribution in [0.15, 0.2) is 24.3 Å². The molecule has 6 nitrogen and oxygen atoms in total. The lowest BCUT2D eigenvalue weighted by molar-refractivity contribution is -0.137. The van der Waals surface area contributed by atoms with Crippen LogP contribution < -0.4 is 15.5 Å². The SMILES string of the molecule is COCC1(C(=O)NCC(=O)N2CCc3ccccc32)CCNCC1. The summed E-state index contributed by atoms with van der Waals surface area (Å²) < 4.78 is 5.27. The molecule has 0 spiro atoms. The lowest BCUT2D eigenvalue weighted by Gasteiger charge is -2.35. The number of methoxy groups -OCH3 is 1. The van der Waals surface area contributed by atoms with Gasteiger partial charge < -0.3 is 20.3 Å². The van der Waals surface area contributed by atoms with E-state index in [-0.39, 0.29) is 18.4 Å². The maximum absolute atomic E-state index is 12.7. The summed E-state index contributed by atoms with van der Waals surface area (Å²) in [6, 6.07) is 7.93. The molecule has 2 amide bonds. The molecule has 24 heavy (non-hydrogen) atoms. The van der Waals surface area contributed by atoms with Gasteiger partial charge in [0.05, 0.1) is 18.6 Å². The molecule has 0 saturated carbocycles. The van der Waals surface area contributed by atoms with Crippen LogP contribution in [0.2, 0.25) is 0 Å². The first-order chi connectivity index (χ1) is 11.7. The molecule has 2 N–H and O–H groups in total. The van der Waals surface area contributed by atoms with E-state index >= 15 is 0 Å². The van der Waals surface area contributed by atoms with Crippen molar-refractivity contribution in [1.29, 1.82) is 0 Å². The minimum absolute atomic E-state index is 0.0338. The van der Waals surface area contributed by atoms with Gasteiger partial charge in [0.15, 0.2) is 0 Å². The number of nitrogens with one attached hydrogen (secondary N) is 2. The van der Waals surface area contributed by atoms with E-state index in [1.165, 1.54) is 5.56 Å². The molecule has 0 atom stereocenters. The smallest absolute Gasteiger partial charge is 0.246 e. The summed E-state index contributed by atoms with van der Waals surface area (Å²) in [6.45, 7) is 2.70. The van der Waals surface area contributed by atoms with Crippen LogP contribution in [0.5, 0.6) is 0 Å². The molecular weight excluding hydrogens is 306 g/mol. The molecule has 1 aromatic rings. The second-order valence-corrected chi connectivity index (χ2v) is 6.57. The Hall–Kier alpha value is -1.92. The molecule has 3 rings (SSSR count). The highest BCUT2D eigenvalue weighted by atomic mass is 16.5. The molecule has 2 aliphatic heterocycles. The number of carbonyl (C=O) groups is 2. The van der Waals surface area contributed by atoms with Crippen LogP contribution >= 0.6 is 0 Å². The number of para-hydroxylation sites is 1.